The third kappa shape index (κ3) is 1.56. The van der Waals surface area contributed by atoms with Gasteiger partial charge in [0.2, 0.25) is 5.79 Å². The van der Waals surface area contributed by atoms with Crippen LogP contribution in [0.3, 0.4) is 0 Å². The van der Waals surface area contributed by atoms with Crippen molar-refractivity contribution in [2.75, 3.05) is 0 Å². The molecule has 1 unspecified atom stereocenters. The van der Waals surface area contributed by atoms with Crippen molar-refractivity contribution in [3.05, 3.63) is 0 Å². The summed E-state index contributed by atoms with van der Waals surface area (Å²) in [5, 5.41) is 10.2. The van der Waals surface area contributed by atoms with Crippen molar-refractivity contribution < 1.29 is 24.4 Å². The van der Waals surface area contributed by atoms with Gasteiger partial charge >= 0.3 is 0 Å². The number of aliphatic hydroxyl groups is 1. The molecule has 2 bridgehead atoms. The number of ether oxygens (including phenoxy) is 2. The highest BCUT2D eigenvalue weighted by atomic mass is 17.3. The standard InChI is InChI=1S/C15H24O5/c1-8-4-5-11-9(2)12(16)17-13-15(11)10(8)6-7-14(3,18-13)19-20-15/h8-13,16H,4-7H2,1-3H3/t8-,9-,10+,11+,12?,13-,14+,15-/m1/s1. The Hall–Kier alpha value is -0.200. The van der Waals surface area contributed by atoms with Gasteiger partial charge in [0.15, 0.2) is 18.2 Å². The fraction of sp³-hybridized carbons (Fsp3) is 1.00. The third-order valence-electron chi connectivity index (χ3n) is 6.12. The number of fused-ring (bicyclic) bond motifs is 2. The van der Waals surface area contributed by atoms with Crippen molar-refractivity contribution in [1.29, 1.82) is 0 Å². The summed E-state index contributed by atoms with van der Waals surface area (Å²) < 4.78 is 11.9. The van der Waals surface area contributed by atoms with Crippen LogP contribution in [0, 0.1) is 23.7 Å². The number of hydrogen-bond acceptors (Lipinski definition) is 5. The molecule has 4 heterocycles. The Kier molecular flexibility index (Phi) is 2.81. The van der Waals surface area contributed by atoms with E-state index >= 15 is 0 Å². The summed E-state index contributed by atoms with van der Waals surface area (Å²) in [5.41, 5.74) is -0.549. The zero-order valence-electron chi connectivity index (χ0n) is 12.4. The SMILES string of the molecule is C[C@@H]1CC[C@H]2[C@@H](C)C(O)O[C@@H]3O[C@]4(C)CC[C@@H]1[C@]32OO4. The van der Waals surface area contributed by atoms with Gasteiger partial charge in [0, 0.05) is 18.3 Å². The predicted molar refractivity (Wildman–Crippen MR) is 69.0 cm³/mol. The maximum absolute atomic E-state index is 10.2. The molecule has 0 radical (unpaired) electrons. The van der Waals surface area contributed by atoms with E-state index in [2.05, 4.69) is 6.92 Å². The summed E-state index contributed by atoms with van der Waals surface area (Å²) in [6, 6.07) is 0. The lowest BCUT2D eigenvalue weighted by atomic mass is 9.58. The second kappa shape index (κ2) is 4.17. The molecule has 1 spiro atoms. The van der Waals surface area contributed by atoms with E-state index in [0.29, 0.717) is 11.8 Å². The highest BCUT2D eigenvalue weighted by Gasteiger charge is 2.69. The Morgan fingerprint density at radius 2 is 1.85 bits per heavy atom. The van der Waals surface area contributed by atoms with Crippen molar-refractivity contribution in [2.45, 2.75) is 70.4 Å². The van der Waals surface area contributed by atoms with E-state index in [1.165, 1.54) is 6.42 Å². The zero-order chi connectivity index (χ0) is 14.1. The molecule has 5 fully saturated rings. The third-order valence-corrected chi connectivity index (χ3v) is 6.12. The van der Waals surface area contributed by atoms with Crippen LogP contribution in [-0.4, -0.2) is 29.1 Å². The summed E-state index contributed by atoms with van der Waals surface area (Å²) in [7, 11) is 0. The van der Waals surface area contributed by atoms with Gasteiger partial charge in [0.05, 0.1) is 0 Å². The summed E-state index contributed by atoms with van der Waals surface area (Å²) in [6.07, 6.45) is 2.72. The normalized spacial score (nSPS) is 61.8. The molecule has 5 nitrogen and oxygen atoms in total. The molecule has 5 heteroatoms. The Bertz CT molecular complexity index is 411. The van der Waals surface area contributed by atoms with Gasteiger partial charge < -0.3 is 14.6 Å². The molecule has 0 aromatic rings. The van der Waals surface area contributed by atoms with Gasteiger partial charge in [-0.15, -0.1) is 0 Å². The molecule has 8 atom stereocenters. The average molecular weight is 284 g/mol. The quantitative estimate of drug-likeness (QED) is 0.691. The van der Waals surface area contributed by atoms with E-state index in [1.54, 1.807) is 0 Å². The predicted octanol–water partition coefficient (Wildman–Crippen LogP) is 2.19. The zero-order valence-corrected chi connectivity index (χ0v) is 12.4. The summed E-state index contributed by atoms with van der Waals surface area (Å²) >= 11 is 0. The maximum atomic E-state index is 10.2. The molecule has 1 aliphatic carbocycles. The molecule has 0 aromatic heterocycles. The van der Waals surface area contributed by atoms with Gasteiger partial charge in [0.25, 0.3) is 0 Å². The van der Waals surface area contributed by atoms with Crippen molar-refractivity contribution in [3.63, 3.8) is 0 Å². The number of rotatable bonds is 0. The highest BCUT2D eigenvalue weighted by molar-refractivity contribution is 5.08. The van der Waals surface area contributed by atoms with Gasteiger partial charge in [0.1, 0.15) is 0 Å². The highest BCUT2D eigenvalue weighted by Crippen LogP contribution is 2.60. The molecule has 20 heavy (non-hydrogen) atoms. The molecule has 5 rings (SSSR count). The van der Waals surface area contributed by atoms with Crippen LogP contribution in [0.2, 0.25) is 0 Å². The maximum Gasteiger partial charge on any atom is 0.201 e. The molecule has 5 aliphatic rings. The van der Waals surface area contributed by atoms with Crippen LogP contribution in [0.15, 0.2) is 0 Å². The van der Waals surface area contributed by atoms with Crippen molar-refractivity contribution >= 4 is 0 Å². The fourth-order valence-corrected chi connectivity index (χ4v) is 4.89. The first-order valence-corrected chi connectivity index (χ1v) is 7.84. The molecule has 1 N–H and O–H groups in total. The lowest BCUT2D eigenvalue weighted by Gasteiger charge is -2.59. The second-order valence-corrected chi connectivity index (χ2v) is 7.30. The minimum Gasteiger partial charge on any atom is -0.368 e. The summed E-state index contributed by atoms with van der Waals surface area (Å²) in [4.78, 5) is 11.6. The van der Waals surface area contributed by atoms with Crippen molar-refractivity contribution in [1.82, 2.24) is 0 Å². The topological polar surface area (TPSA) is 57.2 Å². The lowest BCUT2D eigenvalue weighted by molar-refractivity contribution is -0.576. The van der Waals surface area contributed by atoms with Crippen LogP contribution in [0.5, 0.6) is 0 Å². The van der Waals surface area contributed by atoms with Gasteiger partial charge in [-0.2, -0.15) is 0 Å². The monoisotopic (exact) mass is 284 g/mol. The Balaban J connectivity index is 1.82. The van der Waals surface area contributed by atoms with Gasteiger partial charge in [-0.25, -0.2) is 9.78 Å². The molecular weight excluding hydrogens is 260 g/mol. The minimum atomic E-state index is -0.781. The molecule has 1 saturated carbocycles. The summed E-state index contributed by atoms with van der Waals surface area (Å²) in [6.45, 7) is 6.22. The van der Waals surface area contributed by atoms with Crippen molar-refractivity contribution in [2.24, 2.45) is 23.7 Å². The molecule has 0 amide bonds. The number of hydrogen-bond donors (Lipinski definition) is 1. The van der Waals surface area contributed by atoms with E-state index in [0.717, 1.165) is 19.3 Å². The lowest BCUT2D eigenvalue weighted by Crippen LogP contribution is -2.70. The molecule has 114 valence electrons. The molecule has 4 aliphatic heterocycles. The fourth-order valence-electron chi connectivity index (χ4n) is 4.89. The minimum absolute atomic E-state index is 0.0379. The van der Waals surface area contributed by atoms with Gasteiger partial charge in [-0.05, 0) is 38.0 Å². The van der Waals surface area contributed by atoms with Gasteiger partial charge in [-0.3, -0.25) is 0 Å². The van der Waals surface area contributed by atoms with Crippen LogP contribution >= 0.6 is 0 Å². The van der Waals surface area contributed by atoms with Crippen LogP contribution in [0.4, 0.5) is 0 Å². The average Bonchev–Trinajstić information content (AvgIpc) is 2.63. The first-order chi connectivity index (χ1) is 9.46. The van der Waals surface area contributed by atoms with E-state index in [1.807, 2.05) is 13.8 Å². The Morgan fingerprint density at radius 3 is 2.65 bits per heavy atom. The van der Waals surface area contributed by atoms with Crippen LogP contribution in [0.25, 0.3) is 0 Å². The first kappa shape index (κ1) is 13.5. The Labute approximate surface area is 119 Å². The first-order valence-electron chi connectivity index (χ1n) is 7.84. The number of aliphatic hydroxyl groups excluding tert-OH is 1. The van der Waals surface area contributed by atoms with Crippen LogP contribution in [-0.2, 0) is 19.2 Å². The van der Waals surface area contributed by atoms with Gasteiger partial charge in [-0.1, -0.05) is 13.8 Å². The molecule has 0 aromatic carbocycles. The molecule has 4 saturated heterocycles. The van der Waals surface area contributed by atoms with E-state index < -0.39 is 24.0 Å². The van der Waals surface area contributed by atoms with Crippen LogP contribution < -0.4 is 0 Å². The largest absolute Gasteiger partial charge is 0.368 e. The second-order valence-electron chi connectivity index (χ2n) is 7.30. The summed E-state index contributed by atoms with van der Waals surface area (Å²) in [5.74, 6) is 0.437. The van der Waals surface area contributed by atoms with E-state index in [9.17, 15) is 5.11 Å². The van der Waals surface area contributed by atoms with Crippen molar-refractivity contribution in [3.8, 4) is 0 Å². The van der Waals surface area contributed by atoms with E-state index in [4.69, 9.17) is 19.2 Å². The molecular formula is C15H24O5. The Morgan fingerprint density at radius 1 is 1.05 bits per heavy atom. The van der Waals surface area contributed by atoms with E-state index in [-0.39, 0.29) is 11.8 Å². The smallest absolute Gasteiger partial charge is 0.201 e. The van der Waals surface area contributed by atoms with Crippen LogP contribution in [0.1, 0.15) is 46.5 Å².